The van der Waals surface area contributed by atoms with Crippen LogP contribution in [0, 0.1) is 5.82 Å². The molecule has 0 fully saturated rings. The highest BCUT2D eigenvalue weighted by atomic mass is 19.4. The number of aromatic nitrogens is 2. The molecular formula is C13H13F4N3O2. The number of hydrogen-bond donors (Lipinski definition) is 2. The Bertz CT molecular complexity index is 649. The van der Waals surface area contributed by atoms with Crippen LogP contribution in [-0.4, -0.2) is 41.4 Å². The van der Waals surface area contributed by atoms with Crippen LogP contribution >= 0.6 is 0 Å². The van der Waals surface area contributed by atoms with Crippen LogP contribution in [0.25, 0.3) is 10.9 Å². The number of nitrogens with one attached hydrogen (secondary N) is 1. The van der Waals surface area contributed by atoms with Gasteiger partial charge < -0.3 is 15.2 Å². The Morgan fingerprint density at radius 2 is 1.95 bits per heavy atom. The summed E-state index contributed by atoms with van der Waals surface area (Å²) in [5.41, 5.74) is -0.399. The number of hydrogen-bond acceptors (Lipinski definition) is 5. The molecule has 5 nitrogen and oxygen atoms in total. The lowest BCUT2D eigenvalue weighted by atomic mass is 10.2. The van der Waals surface area contributed by atoms with E-state index >= 15 is 0 Å². The number of fused-ring (bicyclic) bond motifs is 1. The largest absolute Gasteiger partial charge is 0.451 e. The fourth-order valence-corrected chi connectivity index (χ4v) is 1.79. The Hall–Kier alpha value is -2.00. The summed E-state index contributed by atoms with van der Waals surface area (Å²) >= 11 is 0. The molecule has 0 bridgehead atoms. The lowest BCUT2D eigenvalue weighted by Crippen LogP contribution is -2.16. The zero-order valence-corrected chi connectivity index (χ0v) is 11.3. The smallest absolute Gasteiger partial charge is 0.394 e. The highest BCUT2D eigenvalue weighted by Crippen LogP contribution is 2.30. The van der Waals surface area contributed by atoms with E-state index in [4.69, 9.17) is 9.84 Å². The van der Waals surface area contributed by atoms with Gasteiger partial charge in [-0.15, -0.1) is 0 Å². The molecule has 0 spiro atoms. The van der Waals surface area contributed by atoms with E-state index in [-0.39, 0.29) is 37.6 Å². The highest BCUT2D eigenvalue weighted by molar-refractivity contribution is 5.89. The van der Waals surface area contributed by atoms with E-state index in [0.717, 1.165) is 6.07 Å². The summed E-state index contributed by atoms with van der Waals surface area (Å²) < 4.78 is 57.0. The van der Waals surface area contributed by atoms with Gasteiger partial charge in [0.2, 0.25) is 5.82 Å². The number of para-hydroxylation sites is 1. The van der Waals surface area contributed by atoms with Crippen molar-refractivity contribution < 1.29 is 27.4 Å². The summed E-state index contributed by atoms with van der Waals surface area (Å²) in [6.07, 6.45) is -4.78. The maximum atomic E-state index is 13.7. The first kappa shape index (κ1) is 16.4. The van der Waals surface area contributed by atoms with Crippen molar-refractivity contribution in [2.24, 2.45) is 0 Å². The molecule has 22 heavy (non-hydrogen) atoms. The predicted octanol–water partition coefficient (Wildman–Crippen LogP) is 2.21. The fourth-order valence-electron chi connectivity index (χ4n) is 1.79. The second-order valence-corrected chi connectivity index (χ2v) is 4.29. The summed E-state index contributed by atoms with van der Waals surface area (Å²) in [7, 11) is 0. The number of rotatable bonds is 6. The van der Waals surface area contributed by atoms with Crippen molar-refractivity contribution in [3.63, 3.8) is 0 Å². The Labute approximate surface area is 122 Å². The zero-order chi connectivity index (χ0) is 16.2. The number of ether oxygens (including phenoxy) is 1. The molecule has 0 unspecified atom stereocenters. The van der Waals surface area contributed by atoms with E-state index in [1.54, 1.807) is 0 Å². The normalized spacial score (nSPS) is 11.9. The molecule has 0 aliphatic carbocycles. The number of anilines is 1. The topological polar surface area (TPSA) is 67.3 Å². The molecule has 0 aliphatic heterocycles. The number of halogens is 4. The third-order valence-corrected chi connectivity index (χ3v) is 2.71. The van der Waals surface area contributed by atoms with Crippen LogP contribution in [0.4, 0.5) is 23.4 Å². The van der Waals surface area contributed by atoms with Gasteiger partial charge in [-0.3, -0.25) is 0 Å². The Kier molecular flexibility index (Phi) is 5.09. The molecule has 0 atom stereocenters. The van der Waals surface area contributed by atoms with Crippen LogP contribution in [-0.2, 0) is 10.9 Å². The number of nitrogens with zero attached hydrogens (tertiary/aromatic N) is 2. The van der Waals surface area contributed by atoms with Gasteiger partial charge in [0.25, 0.3) is 0 Å². The van der Waals surface area contributed by atoms with Gasteiger partial charge in [-0.1, -0.05) is 6.07 Å². The average molecular weight is 319 g/mol. The molecule has 2 rings (SSSR count). The van der Waals surface area contributed by atoms with E-state index in [0.29, 0.717) is 0 Å². The molecule has 1 heterocycles. The molecule has 1 aromatic heterocycles. The lowest BCUT2D eigenvalue weighted by Gasteiger charge is -2.12. The quantitative estimate of drug-likeness (QED) is 0.631. The molecule has 2 N–H and O–H groups in total. The Balaban J connectivity index is 2.32. The first-order valence-electron chi connectivity index (χ1n) is 6.39. The Morgan fingerprint density at radius 1 is 1.18 bits per heavy atom. The summed E-state index contributed by atoms with van der Waals surface area (Å²) in [4.78, 5) is 6.66. The van der Waals surface area contributed by atoms with Crippen molar-refractivity contribution in [2.45, 2.75) is 6.18 Å². The summed E-state index contributed by atoms with van der Waals surface area (Å²) in [5, 5.41) is 11.4. The molecule has 0 amide bonds. The molecule has 2 aromatic rings. The van der Waals surface area contributed by atoms with Crippen molar-refractivity contribution in [1.29, 1.82) is 0 Å². The van der Waals surface area contributed by atoms with E-state index in [2.05, 4.69) is 15.3 Å². The lowest BCUT2D eigenvalue weighted by molar-refractivity contribution is -0.144. The van der Waals surface area contributed by atoms with Gasteiger partial charge in [0.1, 0.15) is 17.2 Å². The van der Waals surface area contributed by atoms with Gasteiger partial charge in [0, 0.05) is 11.9 Å². The third kappa shape index (κ3) is 3.80. The second kappa shape index (κ2) is 6.84. The van der Waals surface area contributed by atoms with Crippen LogP contribution in [0.2, 0.25) is 0 Å². The molecule has 120 valence electrons. The number of benzene rings is 1. The van der Waals surface area contributed by atoms with Crippen molar-refractivity contribution >= 4 is 16.7 Å². The molecule has 0 aliphatic rings. The van der Waals surface area contributed by atoms with Crippen molar-refractivity contribution in [1.82, 2.24) is 9.97 Å². The molecule has 0 saturated carbocycles. The zero-order valence-electron chi connectivity index (χ0n) is 11.3. The minimum absolute atomic E-state index is 0.120. The molecule has 0 saturated heterocycles. The maximum Gasteiger partial charge on any atom is 0.451 e. The van der Waals surface area contributed by atoms with E-state index in [1.807, 2.05) is 0 Å². The summed E-state index contributed by atoms with van der Waals surface area (Å²) in [5.74, 6) is -2.39. The molecule has 1 aromatic carbocycles. The summed E-state index contributed by atoms with van der Waals surface area (Å²) in [6.45, 7) is 0.275. The minimum Gasteiger partial charge on any atom is -0.394 e. The van der Waals surface area contributed by atoms with E-state index in [1.165, 1.54) is 12.1 Å². The van der Waals surface area contributed by atoms with Crippen molar-refractivity contribution in [3.8, 4) is 0 Å². The first-order valence-corrected chi connectivity index (χ1v) is 6.39. The van der Waals surface area contributed by atoms with Gasteiger partial charge >= 0.3 is 6.18 Å². The van der Waals surface area contributed by atoms with Crippen molar-refractivity contribution in [2.75, 3.05) is 31.7 Å². The predicted molar refractivity (Wildman–Crippen MR) is 70.9 cm³/mol. The van der Waals surface area contributed by atoms with Crippen molar-refractivity contribution in [3.05, 3.63) is 29.8 Å². The van der Waals surface area contributed by atoms with E-state index < -0.39 is 23.3 Å². The average Bonchev–Trinajstić information content (AvgIpc) is 2.46. The second-order valence-electron chi connectivity index (χ2n) is 4.29. The van der Waals surface area contributed by atoms with Gasteiger partial charge in [-0.2, -0.15) is 13.2 Å². The monoisotopic (exact) mass is 319 g/mol. The maximum absolute atomic E-state index is 13.7. The molecule has 0 radical (unpaired) electrons. The van der Waals surface area contributed by atoms with E-state index in [9.17, 15) is 17.6 Å². The van der Waals surface area contributed by atoms with Crippen LogP contribution in [0.15, 0.2) is 18.2 Å². The number of alkyl halides is 3. The molecule has 9 heteroatoms. The fraction of sp³-hybridized carbons (Fsp3) is 0.385. The van der Waals surface area contributed by atoms with Crippen LogP contribution < -0.4 is 5.32 Å². The van der Waals surface area contributed by atoms with Crippen LogP contribution in [0.1, 0.15) is 5.82 Å². The van der Waals surface area contributed by atoms with Gasteiger partial charge in [-0.05, 0) is 12.1 Å². The minimum atomic E-state index is -4.78. The van der Waals surface area contributed by atoms with Gasteiger partial charge in [0.15, 0.2) is 0 Å². The van der Waals surface area contributed by atoms with Crippen LogP contribution in [0.5, 0.6) is 0 Å². The Morgan fingerprint density at radius 3 is 2.64 bits per heavy atom. The highest BCUT2D eigenvalue weighted by Gasteiger charge is 2.35. The SMILES string of the molecule is OCCOCCNc1nc(C(F)(F)F)nc2c(F)cccc12. The number of aliphatic hydroxyl groups excluding tert-OH is 1. The van der Waals surface area contributed by atoms with Gasteiger partial charge in [-0.25, -0.2) is 14.4 Å². The summed E-state index contributed by atoms with van der Waals surface area (Å²) in [6, 6.07) is 3.82. The third-order valence-electron chi connectivity index (χ3n) is 2.71. The number of aliphatic hydroxyl groups is 1. The standard InChI is InChI=1S/C13H13F4N3O2/c14-9-3-1-2-8-10(9)19-12(13(15,16)17)20-11(8)18-4-6-22-7-5-21/h1-3,21H,4-7H2,(H,18,19,20). The first-order chi connectivity index (χ1) is 10.4. The van der Waals surface area contributed by atoms with Crippen LogP contribution in [0.3, 0.4) is 0 Å². The van der Waals surface area contributed by atoms with Gasteiger partial charge in [0.05, 0.1) is 19.8 Å². The molecular weight excluding hydrogens is 306 g/mol.